The molecule has 0 aliphatic carbocycles. The van der Waals surface area contributed by atoms with Gasteiger partial charge in [-0.25, -0.2) is 5.48 Å². The van der Waals surface area contributed by atoms with Crippen molar-refractivity contribution in [3.05, 3.63) is 65.7 Å². The van der Waals surface area contributed by atoms with E-state index in [4.69, 9.17) is 5.21 Å². The highest BCUT2D eigenvalue weighted by atomic mass is 16.5. The summed E-state index contributed by atoms with van der Waals surface area (Å²) in [6.07, 6.45) is 0. The number of carbonyl (C=O) groups is 3. The summed E-state index contributed by atoms with van der Waals surface area (Å²) in [4.78, 5) is 39.7. The summed E-state index contributed by atoms with van der Waals surface area (Å²) >= 11 is 0. The molecule has 8 nitrogen and oxygen atoms in total. The van der Waals surface area contributed by atoms with Gasteiger partial charge in [0.15, 0.2) is 6.04 Å². The molecule has 1 heterocycles. The normalized spacial score (nSPS) is 14.5. The lowest BCUT2D eigenvalue weighted by molar-refractivity contribution is -0.140. The van der Waals surface area contributed by atoms with Gasteiger partial charge in [0.2, 0.25) is 0 Å². The van der Waals surface area contributed by atoms with Crippen LogP contribution in [0.15, 0.2) is 54.6 Å². The van der Waals surface area contributed by atoms with Crippen LogP contribution < -0.4 is 15.7 Å². The van der Waals surface area contributed by atoms with Gasteiger partial charge in [-0.05, 0) is 29.8 Å². The molecule has 2 aromatic carbocycles. The first-order valence-corrected chi connectivity index (χ1v) is 9.29. The Morgan fingerprint density at radius 2 is 1.66 bits per heavy atom. The number of hydrogen-bond acceptors (Lipinski definition) is 5. The number of nitrogens with zero attached hydrogens (tertiary/aromatic N) is 2. The molecule has 3 amide bonds. The fourth-order valence-corrected chi connectivity index (χ4v) is 3.43. The van der Waals surface area contributed by atoms with E-state index in [9.17, 15) is 14.4 Å². The van der Waals surface area contributed by atoms with E-state index in [0.717, 1.165) is 23.7 Å². The molecule has 1 saturated heterocycles. The number of rotatable bonds is 6. The van der Waals surface area contributed by atoms with Crippen LogP contribution in [0.3, 0.4) is 0 Å². The van der Waals surface area contributed by atoms with E-state index in [1.807, 2.05) is 30.3 Å². The molecule has 29 heavy (non-hydrogen) atoms. The zero-order valence-electron chi connectivity index (χ0n) is 16.3. The molecule has 3 N–H and O–H groups in total. The first-order chi connectivity index (χ1) is 14.0. The summed E-state index contributed by atoms with van der Waals surface area (Å²) < 4.78 is 0. The van der Waals surface area contributed by atoms with Gasteiger partial charge >= 0.3 is 0 Å². The largest absolute Gasteiger partial charge is 0.370 e. The van der Waals surface area contributed by atoms with Gasteiger partial charge in [-0.1, -0.05) is 30.3 Å². The van der Waals surface area contributed by atoms with Crippen LogP contribution in [0.4, 0.5) is 5.69 Å². The highest BCUT2D eigenvalue weighted by Crippen LogP contribution is 2.31. The lowest BCUT2D eigenvalue weighted by Gasteiger charge is -2.41. The lowest BCUT2D eigenvalue weighted by Crippen LogP contribution is -2.54. The average Bonchev–Trinajstić information content (AvgIpc) is 2.73. The number of carbonyl (C=O) groups excluding carboxylic acids is 3. The van der Waals surface area contributed by atoms with Gasteiger partial charge in [0.25, 0.3) is 17.7 Å². The van der Waals surface area contributed by atoms with E-state index in [0.29, 0.717) is 11.5 Å². The number of hydroxylamine groups is 1. The molecular formula is C21H24N4O4. The smallest absolute Gasteiger partial charge is 0.275 e. The minimum atomic E-state index is -1.47. The van der Waals surface area contributed by atoms with Crippen molar-refractivity contribution in [2.24, 2.45) is 0 Å². The number of likely N-dealkylation sites (N-methyl/N-ethyl adjacent to an activating group) is 2. The maximum Gasteiger partial charge on any atom is 0.275 e. The Labute approximate surface area is 169 Å². The van der Waals surface area contributed by atoms with Crippen LogP contribution in [0.1, 0.15) is 21.8 Å². The molecular weight excluding hydrogens is 372 g/mol. The van der Waals surface area contributed by atoms with Crippen LogP contribution in [-0.2, 0) is 9.59 Å². The molecule has 0 aromatic heterocycles. The number of amides is 3. The Morgan fingerprint density at radius 1 is 1.03 bits per heavy atom. The Hall–Kier alpha value is -3.39. The number of anilines is 1. The molecule has 1 aliphatic rings. The Balaban J connectivity index is 1.66. The van der Waals surface area contributed by atoms with E-state index < -0.39 is 23.8 Å². The molecule has 8 heteroatoms. The summed E-state index contributed by atoms with van der Waals surface area (Å²) in [6, 6.07) is 15.9. The molecule has 0 bridgehead atoms. The zero-order valence-corrected chi connectivity index (χ0v) is 16.3. The lowest BCUT2D eigenvalue weighted by atomic mass is 9.91. The maximum atomic E-state index is 12.7. The Bertz CT molecular complexity index is 863. The summed E-state index contributed by atoms with van der Waals surface area (Å²) in [5.41, 5.74) is 4.09. The molecule has 0 radical (unpaired) electrons. The monoisotopic (exact) mass is 396 g/mol. The maximum absolute atomic E-state index is 12.7. The minimum absolute atomic E-state index is 0.344. The first-order valence-electron chi connectivity index (χ1n) is 9.29. The third-order valence-electron chi connectivity index (χ3n) is 5.19. The van der Waals surface area contributed by atoms with Crippen LogP contribution in [0, 0.1) is 0 Å². The highest BCUT2D eigenvalue weighted by Gasteiger charge is 2.33. The van der Waals surface area contributed by atoms with Gasteiger partial charge in [-0.2, -0.15) is 0 Å². The summed E-state index contributed by atoms with van der Waals surface area (Å²) in [5, 5.41) is 11.2. The van der Waals surface area contributed by atoms with Crippen LogP contribution >= 0.6 is 0 Å². The topological polar surface area (TPSA) is 102 Å². The van der Waals surface area contributed by atoms with Crippen molar-refractivity contribution in [2.45, 2.75) is 12.0 Å². The summed E-state index contributed by atoms with van der Waals surface area (Å²) in [7, 11) is 2.69. The van der Waals surface area contributed by atoms with E-state index in [1.165, 1.54) is 25.1 Å². The zero-order chi connectivity index (χ0) is 21.0. The van der Waals surface area contributed by atoms with Gasteiger partial charge in [0, 0.05) is 44.4 Å². The van der Waals surface area contributed by atoms with Crippen molar-refractivity contribution in [3.8, 4) is 0 Å². The molecule has 1 unspecified atom stereocenters. The number of nitrogens with one attached hydrogen (secondary N) is 2. The molecule has 152 valence electrons. The Morgan fingerprint density at radius 3 is 2.21 bits per heavy atom. The number of benzene rings is 2. The minimum Gasteiger partial charge on any atom is -0.370 e. The van der Waals surface area contributed by atoms with Crippen LogP contribution in [0.5, 0.6) is 0 Å². The molecule has 1 aliphatic heterocycles. The van der Waals surface area contributed by atoms with Crippen molar-refractivity contribution in [1.82, 2.24) is 15.7 Å². The van der Waals surface area contributed by atoms with Crippen LogP contribution in [0.25, 0.3) is 0 Å². The van der Waals surface area contributed by atoms with Gasteiger partial charge in [-0.15, -0.1) is 0 Å². The van der Waals surface area contributed by atoms with Gasteiger partial charge in [-0.3, -0.25) is 19.6 Å². The van der Waals surface area contributed by atoms with Crippen molar-refractivity contribution in [3.63, 3.8) is 0 Å². The molecule has 1 atom stereocenters. The average molecular weight is 396 g/mol. The molecule has 3 rings (SSSR count). The van der Waals surface area contributed by atoms with E-state index >= 15 is 0 Å². The van der Waals surface area contributed by atoms with E-state index in [-0.39, 0.29) is 0 Å². The second-order valence-electron chi connectivity index (χ2n) is 6.97. The second kappa shape index (κ2) is 8.74. The quantitative estimate of drug-likeness (QED) is 0.384. The summed E-state index contributed by atoms with van der Waals surface area (Å²) in [5.74, 6) is -1.69. The summed E-state index contributed by atoms with van der Waals surface area (Å²) in [6.45, 7) is 1.82. The molecule has 2 aromatic rings. The van der Waals surface area contributed by atoms with Crippen molar-refractivity contribution in [1.29, 1.82) is 0 Å². The van der Waals surface area contributed by atoms with Gasteiger partial charge in [0.05, 0.1) is 0 Å². The molecule has 1 fully saturated rings. The Kier molecular flexibility index (Phi) is 6.13. The van der Waals surface area contributed by atoms with Gasteiger partial charge in [0.1, 0.15) is 0 Å². The standard InChI is InChI=1S/C21H24N4O4/c1-22-19(26)18(20(27)23-29)24(2)21(28)15-8-10-17(11-9-15)25-12-16(13-25)14-6-4-3-5-7-14/h3-11,16,18,29H,12-13H2,1-2H3,(H,22,26)(H,23,27). The third-order valence-corrected chi connectivity index (χ3v) is 5.19. The molecule has 0 spiro atoms. The van der Waals surface area contributed by atoms with Crippen molar-refractivity contribution in [2.75, 3.05) is 32.1 Å². The SMILES string of the molecule is CNC(=O)C(C(=O)NO)N(C)C(=O)c1ccc(N2CC(c3ccccc3)C2)cc1. The first kappa shape index (κ1) is 20.3. The fraction of sp³-hybridized carbons (Fsp3) is 0.286. The van der Waals surface area contributed by atoms with Crippen molar-refractivity contribution < 1.29 is 19.6 Å². The van der Waals surface area contributed by atoms with E-state index in [2.05, 4.69) is 22.3 Å². The van der Waals surface area contributed by atoms with Gasteiger partial charge < -0.3 is 15.1 Å². The molecule has 0 saturated carbocycles. The predicted molar refractivity (Wildman–Crippen MR) is 108 cm³/mol. The fourth-order valence-electron chi connectivity index (χ4n) is 3.43. The van der Waals surface area contributed by atoms with Crippen molar-refractivity contribution >= 4 is 23.4 Å². The van der Waals surface area contributed by atoms with Crippen LogP contribution in [-0.4, -0.2) is 61.1 Å². The predicted octanol–water partition coefficient (Wildman–Crippen LogP) is 0.982. The third kappa shape index (κ3) is 4.22. The number of hydrogen-bond donors (Lipinski definition) is 3. The van der Waals surface area contributed by atoms with Crippen LogP contribution in [0.2, 0.25) is 0 Å². The second-order valence-corrected chi connectivity index (χ2v) is 6.97. The van der Waals surface area contributed by atoms with E-state index in [1.54, 1.807) is 12.1 Å². The highest BCUT2D eigenvalue weighted by molar-refractivity contribution is 6.08.